The minimum absolute atomic E-state index is 0.00409. The molecule has 1 aliphatic heterocycles. The first-order valence-electron chi connectivity index (χ1n) is 10.6. The van der Waals surface area contributed by atoms with Crippen LogP contribution in [0.4, 0.5) is 8.78 Å². The summed E-state index contributed by atoms with van der Waals surface area (Å²) in [4.78, 5) is 15.7. The van der Waals surface area contributed by atoms with Crippen LogP contribution in [0, 0.1) is 17.0 Å². The van der Waals surface area contributed by atoms with E-state index in [0.29, 0.717) is 18.7 Å². The van der Waals surface area contributed by atoms with Gasteiger partial charge in [-0.05, 0) is 60.8 Å². The van der Waals surface area contributed by atoms with Gasteiger partial charge in [0.05, 0.1) is 35.0 Å². The number of likely N-dealkylation sites (tertiary alicyclic amines) is 1. The van der Waals surface area contributed by atoms with E-state index in [1.54, 1.807) is 6.07 Å². The maximum Gasteiger partial charge on any atom is 0.235 e. The Morgan fingerprint density at radius 1 is 1.23 bits per heavy atom. The Kier molecular flexibility index (Phi) is 4.26. The first-order chi connectivity index (χ1) is 14.3. The maximum atomic E-state index is 14.3. The van der Waals surface area contributed by atoms with Crippen LogP contribution in [0.15, 0.2) is 24.3 Å². The molecule has 1 aromatic heterocycles. The van der Waals surface area contributed by atoms with Crippen LogP contribution in [-0.2, 0) is 10.2 Å². The molecule has 1 amide bonds. The van der Waals surface area contributed by atoms with Gasteiger partial charge in [-0.15, -0.1) is 5.10 Å². The van der Waals surface area contributed by atoms with E-state index in [4.69, 9.17) is 0 Å². The Hall–Kier alpha value is -2.41. The van der Waals surface area contributed by atoms with E-state index in [1.165, 1.54) is 18.2 Å². The zero-order chi connectivity index (χ0) is 21.3. The Morgan fingerprint density at radius 2 is 1.97 bits per heavy atom. The van der Waals surface area contributed by atoms with Crippen molar-refractivity contribution in [3.05, 3.63) is 47.2 Å². The summed E-state index contributed by atoms with van der Waals surface area (Å²) in [6, 6.07) is 5.29. The molecule has 1 N–H and O–H groups in total. The zero-order valence-corrected chi connectivity index (χ0v) is 17.2. The number of carbonyl (C=O) groups is 1. The molecule has 2 aromatic rings. The van der Waals surface area contributed by atoms with Gasteiger partial charge in [-0.25, -0.2) is 8.78 Å². The number of aliphatic hydroxyl groups excluding tert-OH is 1. The summed E-state index contributed by atoms with van der Waals surface area (Å²) in [6.45, 7) is 4.75. The van der Waals surface area contributed by atoms with Crippen LogP contribution < -0.4 is 0 Å². The van der Waals surface area contributed by atoms with Gasteiger partial charge < -0.3 is 10.0 Å². The Balaban J connectivity index is 1.64. The summed E-state index contributed by atoms with van der Waals surface area (Å²) >= 11 is 0. The van der Waals surface area contributed by atoms with Gasteiger partial charge in [0.25, 0.3) is 0 Å². The van der Waals surface area contributed by atoms with Crippen LogP contribution in [0.2, 0.25) is 0 Å². The lowest BCUT2D eigenvalue weighted by Gasteiger charge is -2.40. The minimum Gasteiger partial charge on any atom is -0.394 e. The fourth-order valence-corrected chi connectivity index (χ4v) is 6.20. The van der Waals surface area contributed by atoms with Crippen molar-refractivity contribution >= 4 is 5.91 Å². The number of fused-ring (bicyclic) bond motifs is 5. The molecule has 3 atom stereocenters. The van der Waals surface area contributed by atoms with Crippen LogP contribution >= 0.6 is 0 Å². The molecule has 2 fully saturated rings. The monoisotopic (exact) mass is 413 g/mol. The first-order valence-corrected chi connectivity index (χ1v) is 10.6. The second-order valence-corrected chi connectivity index (χ2v) is 9.33. The molecular weight excluding hydrogens is 388 g/mol. The highest BCUT2D eigenvalue weighted by Gasteiger charge is 2.68. The minimum atomic E-state index is -0.815. The number of aliphatic hydroxyl groups is 1. The van der Waals surface area contributed by atoms with Crippen molar-refractivity contribution in [2.45, 2.75) is 56.9 Å². The number of halogens is 2. The number of aromatic nitrogens is 2. The molecule has 2 heterocycles. The number of rotatable bonds is 3. The van der Waals surface area contributed by atoms with Gasteiger partial charge in [-0.3, -0.25) is 4.79 Å². The molecule has 0 radical (unpaired) electrons. The summed E-state index contributed by atoms with van der Waals surface area (Å²) in [7, 11) is 0. The number of carbonyl (C=O) groups excluding carboxylic acids is 1. The molecule has 158 valence electrons. The molecule has 0 spiro atoms. The second kappa shape index (κ2) is 6.54. The highest BCUT2D eigenvalue weighted by atomic mass is 19.1. The number of amides is 1. The summed E-state index contributed by atoms with van der Waals surface area (Å²) in [5.41, 5.74) is 0.267. The van der Waals surface area contributed by atoms with Crippen LogP contribution in [0.5, 0.6) is 0 Å². The number of benzene rings is 1. The largest absolute Gasteiger partial charge is 0.394 e. The van der Waals surface area contributed by atoms with Gasteiger partial charge in [0.15, 0.2) is 0 Å². The van der Waals surface area contributed by atoms with E-state index in [0.717, 1.165) is 24.8 Å². The SMILES string of the molecule is CC1(C)[C@@H]2CC[C@@]1(C(=O)N1CCC[C@@H]1CO)c1nnc(-c3c(F)cccc3F)cc12. The number of hydrogen-bond acceptors (Lipinski definition) is 4. The molecule has 0 unspecified atom stereocenters. The highest BCUT2D eigenvalue weighted by molar-refractivity contribution is 5.92. The molecule has 1 aromatic carbocycles. The summed E-state index contributed by atoms with van der Waals surface area (Å²) < 4.78 is 28.7. The van der Waals surface area contributed by atoms with Gasteiger partial charge in [-0.1, -0.05) is 19.9 Å². The molecule has 7 heteroatoms. The van der Waals surface area contributed by atoms with E-state index in [2.05, 4.69) is 24.0 Å². The second-order valence-electron chi connectivity index (χ2n) is 9.33. The average Bonchev–Trinajstić information content (AvgIpc) is 3.35. The van der Waals surface area contributed by atoms with E-state index in [9.17, 15) is 18.7 Å². The Bertz CT molecular complexity index is 1020. The summed E-state index contributed by atoms with van der Waals surface area (Å²) in [5.74, 6) is -1.29. The first kappa shape index (κ1) is 19.5. The van der Waals surface area contributed by atoms with Crippen molar-refractivity contribution in [3.63, 3.8) is 0 Å². The molecule has 2 bridgehead atoms. The van der Waals surface area contributed by atoms with Crippen molar-refractivity contribution in [1.82, 2.24) is 15.1 Å². The average molecular weight is 413 g/mol. The van der Waals surface area contributed by atoms with Crippen molar-refractivity contribution in [3.8, 4) is 11.3 Å². The molecule has 5 rings (SSSR count). The van der Waals surface area contributed by atoms with Crippen molar-refractivity contribution in [1.29, 1.82) is 0 Å². The van der Waals surface area contributed by atoms with Crippen LogP contribution in [-0.4, -0.2) is 45.3 Å². The molecule has 1 saturated carbocycles. The predicted octanol–water partition coefficient (Wildman–Crippen LogP) is 3.56. The summed E-state index contributed by atoms with van der Waals surface area (Å²) in [5, 5.41) is 18.3. The van der Waals surface area contributed by atoms with Crippen LogP contribution in [0.1, 0.15) is 56.7 Å². The Labute approximate surface area is 174 Å². The van der Waals surface area contributed by atoms with Gasteiger partial charge in [-0.2, -0.15) is 5.10 Å². The predicted molar refractivity (Wildman–Crippen MR) is 107 cm³/mol. The molecule has 1 saturated heterocycles. The Morgan fingerprint density at radius 3 is 2.67 bits per heavy atom. The molecule has 30 heavy (non-hydrogen) atoms. The van der Waals surface area contributed by atoms with Gasteiger partial charge >= 0.3 is 0 Å². The van der Waals surface area contributed by atoms with Crippen molar-refractivity contribution < 1.29 is 18.7 Å². The topological polar surface area (TPSA) is 66.3 Å². The molecule has 5 nitrogen and oxygen atoms in total. The highest BCUT2D eigenvalue weighted by Crippen LogP contribution is 2.68. The third-order valence-electron chi connectivity index (χ3n) is 7.81. The lowest BCUT2D eigenvalue weighted by Crippen LogP contribution is -2.53. The molecule has 2 aliphatic carbocycles. The fraction of sp³-hybridized carbons (Fsp3) is 0.522. The molecule has 3 aliphatic rings. The third-order valence-corrected chi connectivity index (χ3v) is 7.81. The van der Waals surface area contributed by atoms with Gasteiger partial charge in [0.1, 0.15) is 11.6 Å². The maximum absolute atomic E-state index is 14.3. The van der Waals surface area contributed by atoms with Crippen LogP contribution in [0.25, 0.3) is 11.3 Å². The van der Waals surface area contributed by atoms with E-state index in [-0.39, 0.29) is 35.7 Å². The van der Waals surface area contributed by atoms with Crippen molar-refractivity contribution in [2.24, 2.45) is 5.41 Å². The lowest BCUT2D eigenvalue weighted by atomic mass is 9.67. The van der Waals surface area contributed by atoms with Crippen molar-refractivity contribution in [2.75, 3.05) is 13.2 Å². The number of hydrogen-bond donors (Lipinski definition) is 1. The quantitative estimate of drug-likeness (QED) is 0.836. The third kappa shape index (κ3) is 2.32. The normalized spacial score (nSPS) is 28.8. The van der Waals surface area contributed by atoms with Gasteiger partial charge in [0, 0.05) is 6.54 Å². The van der Waals surface area contributed by atoms with E-state index >= 15 is 0 Å². The van der Waals surface area contributed by atoms with E-state index in [1.807, 2.05) is 4.90 Å². The summed E-state index contributed by atoms with van der Waals surface area (Å²) in [6.07, 6.45) is 3.16. The fourth-order valence-electron chi connectivity index (χ4n) is 6.20. The van der Waals surface area contributed by atoms with E-state index < -0.39 is 22.5 Å². The van der Waals surface area contributed by atoms with Crippen LogP contribution in [0.3, 0.4) is 0 Å². The lowest BCUT2D eigenvalue weighted by molar-refractivity contribution is -0.142. The molecular formula is C23H25F2N3O2. The van der Waals surface area contributed by atoms with Gasteiger partial charge in [0.2, 0.25) is 5.91 Å². The number of nitrogens with zero attached hydrogens (tertiary/aromatic N) is 3. The standard InChI is InChI=1S/C23H25F2N3O2/c1-22(2)15-8-9-23(22,21(30)28-10-4-5-13(28)12-29)20-14(15)11-18(26-27-20)19-16(24)6-3-7-17(19)25/h3,6-7,11,13,15,29H,4-5,8-10,12H2,1-2H3/t13-,15-,23+/m1/s1. The smallest absolute Gasteiger partial charge is 0.235 e. The zero-order valence-electron chi connectivity index (χ0n) is 17.2.